The lowest BCUT2D eigenvalue weighted by Crippen LogP contribution is -2.06. The Morgan fingerprint density at radius 3 is 2.76 bits per heavy atom. The highest BCUT2D eigenvalue weighted by Gasteiger charge is 2.14. The Hall–Kier alpha value is -0.890. The van der Waals surface area contributed by atoms with Crippen LogP contribution in [0.3, 0.4) is 0 Å². The molecule has 1 N–H and O–H groups in total. The fourth-order valence-electron chi connectivity index (χ4n) is 1.41. The standard InChI is InChI=1S/C11H8BrIN2O2/c12-9-4-2-1-3-7(9)6-15-10(13)8(5-14-15)11(16)17/h1-5H,6H2,(H,16,17). The van der Waals surface area contributed by atoms with Crippen LogP contribution in [0.2, 0.25) is 0 Å². The second-order valence-corrected chi connectivity index (χ2v) is 5.28. The molecule has 1 aromatic carbocycles. The highest BCUT2D eigenvalue weighted by Crippen LogP contribution is 2.19. The quantitative estimate of drug-likeness (QED) is 0.797. The zero-order valence-corrected chi connectivity index (χ0v) is 12.3. The van der Waals surface area contributed by atoms with Crippen LogP contribution in [0.15, 0.2) is 34.9 Å². The molecule has 0 aliphatic rings. The van der Waals surface area contributed by atoms with E-state index in [1.54, 1.807) is 4.68 Å². The van der Waals surface area contributed by atoms with Gasteiger partial charge in [0.05, 0.1) is 12.7 Å². The molecule has 0 saturated carbocycles. The Morgan fingerprint density at radius 1 is 1.47 bits per heavy atom. The lowest BCUT2D eigenvalue weighted by atomic mass is 10.2. The van der Waals surface area contributed by atoms with E-state index < -0.39 is 5.97 Å². The van der Waals surface area contributed by atoms with Crippen LogP contribution in [0.1, 0.15) is 15.9 Å². The van der Waals surface area contributed by atoms with E-state index in [-0.39, 0.29) is 5.56 Å². The van der Waals surface area contributed by atoms with Gasteiger partial charge in [0.2, 0.25) is 0 Å². The highest BCUT2D eigenvalue weighted by atomic mass is 127. The number of nitrogens with zero attached hydrogens (tertiary/aromatic N) is 2. The van der Waals surface area contributed by atoms with Crippen LogP contribution >= 0.6 is 38.5 Å². The topological polar surface area (TPSA) is 55.1 Å². The first-order chi connectivity index (χ1) is 8.09. The molecule has 1 heterocycles. The molecular formula is C11H8BrIN2O2. The first kappa shape index (κ1) is 12.6. The molecule has 2 rings (SSSR count). The van der Waals surface area contributed by atoms with E-state index in [4.69, 9.17) is 5.11 Å². The van der Waals surface area contributed by atoms with E-state index >= 15 is 0 Å². The second kappa shape index (κ2) is 5.18. The van der Waals surface area contributed by atoms with Gasteiger partial charge in [-0.2, -0.15) is 5.10 Å². The Labute approximate surface area is 120 Å². The molecule has 2 aromatic rings. The molecular weight excluding hydrogens is 399 g/mol. The average Bonchev–Trinajstić information content (AvgIpc) is 2.64. The molecule has 0 spiro atoms. The smallest absolute Gasteiger partial charge is 0.340 e. The van der Waals surface area contributed by atoms with Gasteiger partial charge in [0, 0.05) is 4.47 Å². The number of aromatic carboxylic acids is 1. The predicted octanol–water partition coefficient (Wildman–Crippen LogP) is 3.00. The fraction of sp³-hybridized carbons (Fsp3) is 0.0909. The first-order valence-electron chi connectivity index (χ1n) is 4.77. The van der Waals surface area contributed by atoms with E-state index in [1.807, 2.05) is 46.9 Å². The van der Waals surface area contributed by atoms with Crippen LogP contribution in [-0.4, -0.2) is 20.9 Å². The van der Waals surface area contributed by atoms with E-state index in [1.165, 1.54) is 6.20 Å². The molecule has 0 unspecified atom stereocenters. The largest absolute Gasteiger partial charge is 0.478 e. The molecule has 0 fully saturated rings. The number of carboxylic acids is 1. The van der Waals surface area contributed by atoms with Gasteiger partial charge in [0.15, 0.2) is 0 Å². The summed E-state index contributed by atoms with van der Waals surface area (Å²) in [5.74, 6) is -0.951. The Bertz CT molecular complexity index is 568. The van der Waals surface area contributed by atoms with Gasteiger partial charge in [0.25, 0.3) is 0 Å². The average molecular weight is 407 g/mol. The van der Waals surface area contributed by atoms with Crippen LogP contribution in [0, 0.1) is 3.70 Å². The minimum absolute atomic E-state index is 0.234. The number of hydrogen-bond donors (Lipinski definition) is 1. The lowest BCUT2D eigenvalue weighted by Gasteiger charge is -2.05. The Morgan fingerprint density at radius 2 is 2.18 bits per heavy atom. The van der Waals surface area contributed by atoms with Gasteiger partial charge in [0.1, 0.15) is 9.26 Å². The number of benzene rings is 1. The SMILES string of the molecule is O=C(O)c1cnn(Cc2ccccc2Br)c1I. The van der Waals surface area contributed by atoms with E-state index in [9.17, 15) is 4.79 Å². The molecule has 0 bridgehead atoms. The van der Waals surface area contributed by atoms with Gasteiger partial charge in [-0.1, -0.05) is 34.1 Å². The minimum atomic E-state index is -0.951. The van der Waals surface area contributed by atoms with Crippen molar-refractivity contribution in [3.05, 3.63) is 49.8 Å². The second-order valence-electron chi connectivity index (χ2n) is 3.40. The van der Waals surface area contributed by atoms with Crippen LogP contribution < -0.4 is 0 Å². The molecule has 6 heteroatoms. The van der Waals surface area contributed by atoms with Crippen LogP contribution in [0.5, 0.6) is 0 Å². The number of carbonyl (C=O) groups is 1. The van der Waals surface area contributed by atoms with E-state index in [2.05, 4.69) is 21.0 Å². The molecule has 1 aromatic heterocycles. The van der Waals surface area contributed by atoms with Crippen LogP contribution in [0.4, 0.5) is 0 Å². The maximum absolute atomic E-state index is 10.9. The Kier molecular flexibility index (Phi) is 3.82. The summed E-state index contributed by atoms with van der Waals surface area (Å²) < 4.78 is 3.29. The van der Waals surface area contributed by atoms with Crippen LogP contribution in [0.25, 0.3) is 0 Å². The van der Waals surface area contributed by atoms with Gasteiger partial charge >= 0.3 is 5.97 Å². The number of hydrogen-bond acceptors (Lipinski definition) is 2. The van der Waals surface area contributed by atoms with E-state index in [0.717, 1.165) is 10.0 Å². The van der Waals surface area contributed by atoms with Crippen molar-refractivity contribution >= 4 is 44.5 Å². The van der Waals surface area contributed by atoms with Crippen molar-refractivity contribution in [2.45, 2.75) is 6.54 Å². The summed E-state index contributed by atoms with van der Waals surface area (Å²) in [6.07, 6.45) is 1.38. The monoisotopic (exact) mass is 406 g/mol. The van der Waals surface area contributed by atoms with Gasteiger partial charge in [-0.15, -0.1) is 0 Å². The van der Waals surface area contributed by atoms with Gasteiger partial charge in [-0.3, -0.25) is 4.68 Å². The van der Waals surface area contributed by atoms with Crippen molar-refractivity contribution < 1.29 is 9.90 Å². The molecule has 0 amide bonds. The van der Waals surface area contributed by atoms with E-state index in [0.29, 0.717) is 10.2 Å². The summed E-state index contributed by atoms with van der Waals surface area (Å²) in [7, 11) is 0. The lowest BCUT2D eigenvalue weighted by molar-refractivity contribution is 0.0695. The van der Waals surface area contributed by atoms with Crippen molar-refractivity contribution in [1.82, 2.24) is 9.78 Å². The first-order valence-corrected chi connectivity index (χ1v) is 6.65. The maximum Gasteiger partial charge on any atom is 0.340 e. The normalized spacial score (nSPS) is 10.5. The number of carboxylic acid groups (broad SMARTS) is 1. The zero-order valence-electron chi connectivity index (χ0n) is 8.60. The number of aromatic nitrogens is 2. The third-order valence-corrected chi connectivity index (χ3v) is 4.20. The molecule has 0 radical (unpaired) electrons. The minimum Gasteiger partial charge on any atom is -0.478 e. The van der Waals surface area contributed by atoms with Crippen molar-refractivity contribution in [3.8, 4) is 0 Å². The number of halogens is 2. The molecule has 0 atom stereocenters. The zero-order chi connectivity index (χ0) is 12.4. The summed E-state index contributed by atoms with van der Waals surface area (Å²) >= 11 is 5.45. The summed E-state index contributed by atoms with van der Waals surface area (Å²) in [6.45, 7) is 0.549. The molecule has 17 heavy (non-hydrogen) atoms. The summed E-state index contributed by atoms with van der Waals surface area (Å²) in [5, 5.41) is 13.0. The van der Waals surface area contributed by atoms with Gasteiger partial charge in [-0.05, 0) is 34.2 Å². The van der Waals surface area contributed by atoms with Crippen LogP contribution in [-0.2, 0) is 6.54 Å². The molecule has 0 aliphatic heterocycles. The summed E-state index contributed by atoms with van der Waals surface area (Å²) in [4.78, 5) is 10.9. The summed E-state index contributed by atoms with van der Waals surface area (Å²) in [6, 6.07) is 7.80. The molecule has 0 saturated heterocycles. The highest BCUT2D eigenvalue weighted by molar-refractivity contribution is 14.1. The van der Waals surface area contributed by atoms with Crippen molar-refractivity contribution in [3.63, 3.8) is 0 Å². The van der Waals surface area contributed by atoms with Gasteiger partial charge in [-0.25, -0.2) is 4.79 Å². The van der Waals surface area contributed by atoms with Gasteiger partial charge < -0.3 is 5.11 Å². The maximum atomic E-state index is 10.9. The van der Waals surface area contributed by atoms with Crippen molar-refractivity contribution in [2.75, 3.05) is 0 Å². The van der Waals surface area contributed by atoms with Crippen molar-refractivity contribution in [1.29, 1.82) is 0 Å². The predicted molar refractivity (Wildman–Crippen MR) is 75.1 cm³/mol. The number of rotatable bonds is 3. The summed E-state index contributed by atoms with van der Waals surface area (Å²) in [5.41, 5.74) is 1.29. The Balaban J connectivity index is 2.31. The molecule has 0 aliphatic carbocycles. The van der Waals surface area contributed by atoms with Crippen molar-refractivity contribution in [2.24, 2.45) is 0 Å². The third kappa shape index (κ3) is 2.68. The molecule has 88 valence electrons. The molecule has 4 nitrogen and oxygen atoms in total. The fourth-order valence-corrected chi connectivity index (χ4v) is 2.49. The third-order valence-electron chi connectivity index (χ3n) is 2.28.